The molecule has 6 atom stereocenters. The molecule has 1 unspecified atom stereocenters. The third-order valence-corrected chi connectivity index (χ3v) is 11.4. The Labute approximate surface area is 288 Å². The van der Waals surface area contributed by atoms with Gasteiger partial charge in [0.1, 0.15) is 12.1 Å². The van der Waals surface area contributed by atoms with Crippen LogP contribution in [0.25, 0.3) is 0 Å². The smallest absolute Gasteiger partial charge is 0.315 e. The van der Waals surface area contributed by atoms with E-state index < -0.39 is 75.4 Å². The number of nitrogens with one attached hydrogen (secondary N) is 3. The van der Waals surface area contributed by atoms with Crippen molar-refractivity contribution in [3.63, 3.8) is 0 Å². The summed E-state index contributed by atoms with van der Waals surface area (Å²) in [5, 5.41) is 8.69. The van der Waals surface area contributed by atoms with E-state index in [4.69, 9.17) is 5.73 Å². The SMILES string of the molecule is CN(C[C@@H](NC(=O)N[C@H](C(=O)N1C[C@H]2[C@@H]([C@H]1C(=O)NC(CC1CC1)C(=O)C(N)=O)C2(C)C)C(C)(C)C)C(C)(C)C)c1c(C2CC2)c(=O)c1=O. The maximum atomic E-state index is 14.4. The summed E-state index contributed by atoms with van der Waals surface area (Å²) in [6.07, 6.45) is 3.93. The highest BCUT2D eigenvalue weighted by Gasteiger charge is 2.70. The quantitative estimate of drug-likeness (QED) is 0.226. The molecule has 1 saturated heterocycles. The predicted octanol–water partition coefficient (Wildman–Crippen LogP) is 1.55. The number of rotatable bonds is 13. The lowest BCUT2D eigenvalue weighted by Gasteiger charge is -2.39. The number of piperidine rings is 1. The highest BCUT2D eigenvalue weighted by Crippen LogP contribution is 2.65. The molecule has 5 rings (SSSR count). The molecule has 0 bridgehead atoms. The molecular formula is C36H54N6O7. The number of likely N-dealkylation sites (N-methyl/N-ethyl adjacent to an activating group) is 1. The maximum Gasteiger partial charge on any atom is 0.315 e. The van der Waals surface area contributed by atoms with Crippen LogP contribution in [0, 0.1) is 34.0 Å². The number of likely N-dealkylation sites (tertiary alicyclic amines) is 1. The van der Waals surface area contributed by atoms with Crippen molar-refractivity contribution in [2.75, 3.05) is 25.0 Å². The average molecular weight is 683 g/mol. The number of carbonyl (C=O) groups is 5. The maximum absolute atomic E-state index is 14.4. The van der Waals surface area contributed by atoms with Gasteiger partial charge in [0.15, 0.2) is 0 Å². The van der Waals surface area contributed by atoms with Gasteiger partial charge in [-0.2, -0.15) is 0 Å². The van der Waals surface area contributed by atoms with E-state index in [0.717, 1.165) is 25.7 Å². The number of carbonyl (C=O) groups excluding carboxylic acids is 5. The van der Waals surface area contributed by atoms with E-state index in [9.17, 15) is 33.6 Å². The van der Waals surface area contributed by atoms with Crippen LogP contribution >= 0.6 is 0 Å². The molecule has 49 heavy (non-hydrogen) atoms. The second-order valence-electron chi connectivity index (χ2n) is 17.8. The molecule has 13 heteroatoms. The molecule has 1 aromatic carbocycles. The normalized spacial score (nSPS) is 24.8. The summed E-state index contributed by atoms with van der Waals surface area (Å²) in [6, 6.07) is -3.97. The molecule has 1 heterocycles. The van der Waals surface area contributed by atoms with Crippen molar-refractivity contribution in [3.05, 3.63) is 26.0 Å². The molecule has 0 aromatic heterocycles. The molecule has 0 radical (unpaired) electrons. The van der Waals surface area contributed by atoms with Crippen LogP contribution in [-0.4, -0.2) is 78.7 Å². The Kier molecular flexibility index (Phi) is 9.33. The van der Waals surface area contributed by atoms with Gasteiger partial charge in [0.2, 0.25) is 28.5 Å². The number of hydrogen-bond acceptors (Lipinski definition) is 8. The zero-order valence-corrected chi connectivity index (χ0v) is 30.4. The Morgan fingerprint density at radius 1 is 0.918 bits per heavy atom. The number of fused-ring (bicyclic) bond motifs is 1. The van der Waals surface area contributed by atoms with E-state index in [2.05, 4.69) is 16.0 Å². The second kappa shape index (κ2) is 12.5. The second-order valence-corrected chi connectivity index (χ2v) is 17.8. The van der Waals surface area contributed by atoms with Gasteiger partial charge in [0, 0.05) is 25.7 Å². The highest BCUT2D eigenvalue weighted by atomic mass is 16.2. The first-order valence-corrected chi connectivity index (χ1v) is 17.6. The van der Waals surface area contributed by atoms with Gasteiger partial charge in [-0.1, -0.05) is 68.2 Å². The molecule has 3 saturated carbocycles. The molecule has 5 N–H and O–H groups in total. The fourth-order valence-electron chi connectivity index (χ4n) is 7.73. The number of anilines is 1. The monoisotopic (exact) mass is 682 g/mol. The number of primary amides is 1. The fraction of sp³-hybridized carbons (Fsp3) is 0.750. The number of hydrogen-bond donors (Lipinski definition) is 4. The van der Waals surface area contributed by atoms with Crippen molar-refractivity contribution in [3.8, 4) is 0 Å². The summed E-state index contributed by atoms with van der Waals surface area (Å²) in [5.41, 5.74) is 4.01. The first kappa shape index (κ1) is 36.5. The summed E-state index contributed by atoms with van der Waals surface area (Å²) >= 11 is 0. The topological polar surface area (TPSA) is 188 Å². The number of amides is 5. The van der Waals surface area contributed by atoms with E-state index >= 15 is 0 Å². The molecule has 13 nitrogen and oxygen atoms in total. The molecule has 270 valence electrons. The van der Waals surface area contributed by atoms with Crippen molar-refractivity contribution in [2.45, 2.75) is 118 Å². The molecule has 0 spiro atoms. The van der Waals surface area contributed by atoms with Gasteiger partial charge >= 0.3 is 6.03 Å². The number of Topliss-reactive ketones (excluding diaryl/α,β-unsaturated/α-hetero) is 1. The Morgan fingerprint density at radius 3 is 2.04 bits per heavy atom. The fourth-order valence-corrected chi connectivity index (χ4v) is 7.73. The van der Waals surface area contributed by atoms with Crippen LogP contribution in [-0.2, 0) is 19.2 Å². The lowest BCUT2D eigenvalue weighted by atomic mass is 9.84. The largest absolute Gasteiger partial charge is 0.369 e. The Balaban J connectivity index is 1.32. The Morgan fingerprint density at radius 2 is 1.53 bits per heavy atom. The van der Waals surface area contributed by atoms with Crippen molar-refractivity contribution < 1.29 is 24.0 Å². The predicted molar refractivity (Wildman–Crippen MR) is 184 cm³/mol. The van der Waals surface area contributed by atoms with Crippen LogP contribution < -0.4 is 37.4 Å². The van der Waals surface area contributed by atoms with Crippen LogP contribution in [0.4, 0.5) is 10.5 Å². The van der Waals surface area contributed by atoms with E-state index in [1.54, 1.807) is 11.9 Å². The zero-order chi connectivity index (χ0) is 36.5. The minimum Gasteiger partial charge on any atom is -0.369 e. The lowest BCUT2D eigenvalue weighted by Crippen LogP contribution is -2.62. The van der Waals surface area contributed by atoms with Crippen molar-refractivity contribution in [1.29, 1.82) is 0 Å². The van der Waals surface area contributed by atoms with Gasteiger partial charge in [-0.05, 0) is 59.2 Å². The number of urea groups is 1. The van der Waals surface area contributed by atoms with Crippen LogP contribution in [0.15, 0.2) is 9.59 Å². The average Bonchev–Trinajstić information content (AvgIpc) is 3.94. The lowest BCUT2D eigenvalue weighted by molar-refractivity contribution is -0.145. The highest BCUT2D eigenvalue weighted by molar-refractivity contribution is 6.37. The van der Waals surface area contributed by atoms with Crippen LogP contribution in [0.1, 0.15) is 99.0 Å². The third-order valence-electron chi connectivity index (χ3n) is 11.4. The molecule has 3 aliphatic carbocycles. The van der Waals surface area contributed by atoms with E-state index in [1.165, 1.54) is 4.90 Å². The minimum absolute atomic E-state index is 0.0621. The summed E-state index contributed by atoms with van der Waals surface area (Å²) < 4.78 is 0. The standard InChI is InChI=1S/C36H54N6O7/c1-34(2,3)21(16-41(9)24-22(18-12-13-18)27(44)28(24)45)39-33(49)40-29(35(4,5)6)32(48)42-15-19-23(36(19,7)8)25(42)31(47)38-20(14-17-10-11-17)26(43)30(37)46/h17-21,23,25,29H,10-16H2,1-9H3,(H2,37,46)(H,38,47)(H2,39,40,49)/t19-,20?,21+,23-,25-,29+/m0/s1. The first-order chi connectivity index (χ1) is 22.5. The summed E-state index contributed by atoms with van der Waals surface area (Å²) in [6.45, 7) is 16.1. The van der Waals surface area contributed by atoms with Crippen molar-refractivity contribution >= 4 is 35.2 Å². The zero-order valence-electron chi connectivity index (χ0n) is 30.4. The van der Waals surface area contributed by atoms with E-state index in [0.29, 0.717) is 24.2 Å². The molecule has 5 amide bonds. The van der Waals surface area contributed by atoms with E-state index in [1.807, 2.05) is 55.4 Å². The van der Waals surface area contributed by atoms with Gasteiger partial charge in [-0.15, -0.1) is 0 Å². The summed E-state index contributed by atoms with van der Waals surface area (Å²) in [5.74, 6) is -2.58. The van der Waals surface area contributed by atoms with Gasteiger partial charge in [0.05, 0.1) is 17.8 Å². The Hall–Kier alpha value is -3.77. The molecule has 1 aromatic rings. The summed E-state index contributed by atoms with van der Waals surface area (Å²) in [7, 11) is 1.75. The molecule has 4 aliphatic rings. The van der Waals surface area contributed by atoms with E-state index in [-0.39, 0.29) is 35.6 Å². The minimum atomic E-state index is -1.11. The Bertz CT molecular complexity index is 1600. The van der Waals surface area contributed by atoms with Crippen LogP contribution in [0.3, 0.4) is 0 Å². The van der Waals surface area contributed by atoms with Gasteiger partial charge < -0.3 is 31.5 Å². The molecular weight excluding hydrogens is 628 g/mol. The number of nitrogens with zero attached hydrogens (tertiary/aromatic N) is 2. The van der Waals surface area contributed by atoms with Crippen molar-refractivity contribution in [1.82, 2.24) is 20.9 Å². The number of nitrogens with two attached hydrogens (primary N) is 1. The molecule has 4 fully saturated rings. The van der Waals surface area contributed by atoms with Crippen molar-refractivity contribution in [2.24, 2.45) is 39.7 Å². The van der Waals surface area contributed by atoms with Gasteiger partial charge in [-0.25, -0.2) is 4.79 Å². The van der Waals surface area contributed by atoms with Crippen LogP contribution in [0.2, 0.25) is 0 Å². The van der Waals surface area contributed by atoms with Gasteiger partial charge in [-0.3, -0.25) is 28.8 Å². The summed E-state index contributed by atoms with van der Waals surface area (Å²) in [4.78, 5) is 94.5. The first-order valence-electron chi connectivity index (χ1n) is 17.6. The molecule has 1 aliphatic heterocycles. The van der Waals surface area contributed by atoms with Crippen LogP contribution in [0.5, 0.6) is 0 Å². The number of ketones is 1. The van der Waals surface area contributed by atoms with Gasteiger partial charge in [0.25, 0.3) is 5.91 Å². The third kappa shape index (κ3) is 7.26.